The molecule has 2 aromatic heterocycles. The van der Waals surface area contributed by atoms with Gasteiger partial charge in [0.1, 0.15) is 0 Å². The Balaban J connectivity index is 1.68. The quantitative estimate of drug-likeness (QED) is 0.681. The maximum atomic E-state index is 12.6. The first-order chi connectivity index (χ1) is 12.4. The molecule has 2 heterocycles. The summed E-state index contributed by atoms with van der Waals surface area (Å²) < 4.78 is 5.62. The van der Waals surface area contributed by atoms with Crippen molar-refractivity contribution >= 4 is 23.4 Å². The minimum atomic E-state index is -0.377. The number of benzene rings is 1. The Labute approximate surface area is 156 Å². The van der Waals surface area contributed by atoms with Gasteiger partial charge in [0.25, 0.3) is 5.22 Å². The molecular weight excluding hydrogens is 348 g/mol. The lowest BCUT2D eigenvalue weighted by Crippen LogP contribution is -2.23. The summed E-state index contributed by atoms with van der Waals surface area (Å²) in [5.74, 6) is 0.282. The Hall–Kier alpha value is -2.67. The van der Waals surface area contributed by atoms with E-state index in [-0.39, 0.29) is 11.2 Å². The Morgan fingerprint density at radius 2 is 1.92 bits per heavy atom. The second kappa shape index (κ2) is 7.70. The molecule has 26 heavy (non-hydrogen) atoms. The first-order valence-electron chi connectivity index (χ1n) is 8.23. The van der Waals surface area contributed by atoms with Crippen LogP contribution >= 0.6 is 11.8 Å². The number of nitrogens with zero attached hydrogens (tertiary/aromatic N) is 3. The van der Waals surface area contributed by atoms with Crippen molar-refractivity contribution in [2.24, 2.45) is 0 Å². The van der Waals surface area contributed by atoms with E-state index in [1.54, 1.807) is 18.5 Å². The van der Waals surface area contributed by atoms with E-state index < -0.39 is 0 Å². The number of hydrogen-bond donors (Lipinski definition) is 1. The van der Waals surface area contributed by atoms with Crippen LogP contribution in [0.3, 0.4) is 0 Å². The average molecular weight is 368 g/mol. The van der Waals surface area contributed by atoms with Crippen LogP contribution in [0.2, 0.25) is 0 Å². The Kier molecular flexibility index (Phi) is 5.37. The minimum absolute atomic E-state index is 0.105. The van der Waals surface area contributed by atoms with Gasteiger partial charge in [-0.3, -0.25) is 9.78 Å². The summed E-state index contributed by atoms with van der Waals surface area (Å²) in [7, 11) is 0. The van der Waals surface area contributed by atoms with Crippen LogP contribution in [-0.2, 0) is 4.79 Å². The number of aryl methyl sites for hydroxylation is 3. The van der Waals surface area contributed by atoms with Crippen molar-refractivity contribution < 1.29 is 9.21 Å². The zero-order valence-corrected chi connectivity index (χ0v) is 15.9. The largest absolute Gasteiger partial charge is 0.411 e. The molecule has 0 saturated heterocycles. The highest BCUT2D eigenvalue weighted by Gasteiger charge is 2.20. The molecule has 0 bridgehead atoms. The summed E-state index contributed by atoms with van der Waals surface area (Å²) in [6.07, 6.45) is 3.33. The van der Waals surface area contributed by atoms with E-state index in [2.05, 4.69) is 32.6 Å². The number of aromatic nitrogens is 3. The monoisotopic (exact) mass is 368 g/mol. The molecule has 1 aromatic carbocycles. The van der Waals surface area contributed by atoms with Crippen molar-refractivity contribution in [3.8, 4) is 11.5 Å². The second-order valence-corrected chi connectivity index (χ2v) is 7.43. The predicted molar refractivity (Wildman–Crippen MR) is 102 cm³/mol. The van der Waals surface area contributed by atoms with Crippen LogP contribution in [0.15, 0.2) is 46.3 Å². The van der Waals surface area contributed by atoms with Gasteiger partial charge in [0.15, 0.2) is 0 Å². The third-order valence-electron chi connectivity index (χ3n) is 3.89. The fourth-order valence-electron chi connectivity index (χ4n) is 2.67. The molecule has 7 heteroatoms. The molecule has 1 amide bonds. The number of carbonyl (C=O) groups excluding carboxylic acids is 1. The molecular formula is C19H20N4O2S. The summed E-state index contributed by atoms with van der Waals surface area (Å²) in [5, 5.41) is 11.0. The molecule has 3 rings (SSSR count). The van der Waals surface area contributed by atoms with E-state index >= 15 is 0 Å². The predicted octanol–water partition coefficient (Wildman–Crippen LogP) is 4.18. The van der Waals surface area contributed by atoms with Gasteiger partial charge in [-0.05, 0) is 51.0 Å². The third kappa shape index (κ3) is 4.11. The fraction of sp³-hybridized carbons (Fsp3) is 0.263. The summed E-state index contributed by atoms with van der Waals surface area (Å²) in [6, 6.07) is 7.75. The lowest BCUT2D eigenvalue weighted by atomic mass is 10.1. The number of rotatable bonds is 5. The number of nitrogens with one attached hydrogen (secondary N) is 1. The number of pyridine rings is 1. The summed E-state index contributed by atoms with van der Waals surface area (Å²) >= 11 is 1.23. The van der Waals surface area contributed by atoms with Gasteiger partial charge >= 0.3 is 0 Å². The van der Waals surface area contributed by atoms with E-state index in [1.165, 1.54) is 17.3 Å². The molecule has 0 aliphatic carbocycles. The number of amides is 1. The Bertz CT molecular complexity index is 901. The van der Waals surface area contributed by atoms with Gasteiger partial charge < -0.3 is 9.73 Å². The molecule has 0 spiro atoms. The molecule has 0 fully saturated rings. The van der Waals surface area contributed by atoms with Gasteiger partial charge in [-0.25, -0.2) is 0 Å². The normalized spacial score (nSPS) is 12.0. The van der Waals surface area contributed by atoms with Crippen LogP contribution < -0.4 is 5.32 Å². The molecule has 0 unspecified atom stereocenters. The van der Waals surface area contributed by atoms with E-state index in [9.17, 15) is 4.79 Å². The van der Waals surface area contributed by atoms with E-state index in [1.807, 2.05) is 33.8 Å². The van der Waals surface area contributed by atoms with Gasteiger partial charge in [0.2, 0.25) is 11.8 Å². The highest BCUT2D eigenvalue weighted by molar-refractivity contribution is 8.00. The van der Waals surface area contributed by atoms with Crippen LogP contribution in [0.1, 0.15) is 23.6 Å². The highest BCUT2D eigenvalue weighted by atomic mass is 32.2. The maximum absolute atomic E-state index is 12.6. The van der Waals surface area contributed by atoms with Crippen molar-refractivity contribution in [3.05, 3.63) is 53.3 Å². The van der Waals surface area contributed by atoms with Gasteiger partial charge in [-0.2, -0.15) is 0 Å². The Morgan fingerprint density at radius 3 is 2.58 bits per heavy atom. The van der Waals surface area contributed by atoms with Crippen molar-refractivity contribution in [2.75, 3.05) is 5.32 Å². The van der Waals surface area contributed by atoms with Crippen LogP contribution in [0, 0.1) is 20.8 Å². The highest BCUT2D eigenvalue weighted by Crippen LogP contribution is 2.28. The molecule has 1 atom stereocenters. The number of hydrogen-bond acceptors (Lipinski definition) is 6. The number of thioether (sulfide) groups is 1. The van der Waals surface area contributed by atoms with Gasteiger partial charge in [-0.1, -0.05) is 29.5 Å². The van der Waals surface area contributed by atoms with Gasteiger partial charge in [-0.15, -0.1) is 10.2 Å². The smallest absolute Gasteiger partial charge is 0.277 e. The van der Waals surface area contributed by atoms with E-state index in [0.717, 1.165) is 22.4 Å². The molecule has 6 nitrogen and oxygen atoms in total. The zero-order valence-electron chi connectivity index (χ0n) is 15.1. The topological polar surface area (TPSA) is 80.9 Å². The molecule has 134 valence electrons. The molecule has 3 aromatic rings. The summed E-state index contributed by atoms with van der Waals surface area (Å²) in [5.41, 5.74) is 4.87. The number of anilines is 1. The summed E-state index contributed by atoms with van der Waals surface area (Å²) in [4.78, 5) is 16.6. The lowest BCUT2D eigenvalue weighted by molar-refractivity contribution is -0.115. The van der Waals surface area contributed by atoms with Crippen molar-refractivity contribution in [1.82, 2.24) is 15.2 Å². The molecule has 0 saturated carbocycles. The Morgan fingerprint density at radius 1 is 1.19 bits per heavy atom. The molecule has 0 aliphatic heterocycles. The zero-order chi connectivity index (χ0) is 18.7. The standard InChI is InChI=1S/C19H20N4O2S/c1-11-8-12(2)16(13(3)9-11)21-17(24)14(4)26-19-23-22-18(25-19)15-6-5-7-20-10-15/h5-10,14H,1-4H3,(H,21,24)/t14-/m0/s1. The van der Waals surface area contributed by atoms with Crippen molar-refractivity contribution in [2.45, 2.75) is 38.2 Å². The van der Waals surface area contributed by atoms with E-state index in [4.69, 9.17) is 4.42 Å². The van der Waals surface area contributed by atoms with Gasteiger partial charge in [0.05, 0.1) is 10.8 Å². The second-order valence-electron chi connectivity index (χ2n) is 6.14. The summed E-state index contributed by atoms with van der Waals surface area (Å²) in [6.45, 7) is 7.84. The lowest BCUT2D eigenvalue weighted by Gasteiger charge is -2.15. The van der Waals surface area contributed by atoms with Gasteiger partial charge in [0, 0.05) is 18.1 Å². The van der Waals surface area contributed by atoms with Crippen LogP contribution in [0.4, 0.5) is 5.69 Å². The van der Waals surface area contributed by atoms with Crippen molar-refractivity contribution in [3.63, 3.8) is 0 Å². The molecule has 0 aliphatic rings. The van der Waals surface area contributed by atoms with Crippen LogP contribution in [0.25, 0.3) is 11.5 Å². The average Bonchev–Trinajstić information content (AvgIpc) is 3.07. The SMILES string of the molecule is Cc1cc(C)c(NC(=O)[C@H](C)Sc2nnc(-c3cccnc3)o2)c(C)c1. The third-order valence-corrected chi connectivity index (χ3v) is 4.82. The van der Waals surface area contributed by atoms with Crippen LogP contribution in [-0.4, -0.2) is 26.3 Å². The first kappa shape index (κ1) is 18.1. The fourth-order valence-corrected chi connectivity index (χ4v) is 3.35. The minimum Gasteiger partial charge on any atom is -0.411 e. The number of carbonyl (C=O) groups is 1. The van der Waals surface area contributed by atoms with E-state index in [0.29, 0.717) is 11.1 Å². The van der Waals surface area contributed by atoms with Crippen LogP contribution in [0.5, 0.6) is 0 Å². The first-order valence-corrected chi connectivity index (χ1v) is 9.11. The maximum Gasteiger partial charge on any atom is 0.277 e. The molecule has 0 radical (unpaired) electrons. The van der Waals surface area contributed by atoms with Crippen molar-refractivity contribution in [1.29, 1.82) is 0 Å². The molecule has 1 N–H and O–H groups in total.